The predicted octanol–water partition coefficient (Wildman–Crippen LogP) is 2.09. The van der Waals surface area contributed by atoms with Gasteiger partial charge in [0.05, 0.1) is 5.25 Å². The zero-order valence-electron chi connectivity index (χ0n) is 8.66. The molecule has 3 atom stereocenters. The molecule has 13 heavy (non-hydrogen) atoms. The fourth-order valence-electron chi connectivity index (χ4n) is 2.07. The average Bonchev–Trinajstić information content (AvgIpc) is 2.03. The Bertz CT molecular complexity index is 183. The molecule has 0 aromatic carbocycles. The van der Waals surface area contributed by atoms with Crippen molar-refractivity contribution in [3.63, 3.8) is 0 Å². The van der Waals surface area contributed by atoms with Crippen molar-refractivity contribution in [3.05, 3.63) is 0 Å². The maximum atomic E-state index is 11.8. The lowest BCUT2D eigenvalue weighted by molar-refractivity contribution is -0.136. The van der Waals surface area contributed by atoms with E-state index in [4.69, 9.17) is 0 Å². The molecule has 0 spiro atoms. The van der Waals surface area contributed by atoms with Crippen LogP contribution in [0.2, 0.25) is 0 Å². The highest BCUT2D eigenvalue weighted by molar-refractivity contribution is 7.81. The number of thiol groups is 1. The third kappa shape index (κ3) is 2.39. The van der Waals surface area contributed by atoms with Crippen LogP contribution in [0.4, 0.5) is 0 Å². The Morgan fingerprint density at radius 2 is 1.85 bits per heavy atom. The van der Waals surface area contributed by atoms with E-state index in [-0.39, 0.29) is 11.2 Å². The molecule has 76 valence electrons. The number of hydrogen-bond acceptors (Lipinski definition) is 2. The molecule has 1 amide bonds. The van der Waals surface area contributed by atoms with E-state index in [9.17, 15) is 4.79 Å². The Morgan fingerprint density at radius 3 is 2.23 bits per heavy atom. The molecule has 1 heterocycles. The van der Waals surface area contributed by atoms with Crippen molar-refractivity contribution < 1.29 is 4.79 Å². The quantitative estimate of drug-likeness (QED) is 0.644. The minimum Gasteiger partial charge on any atom is -0.336 e. The number of rotatable bonds is 1. The van der Waals surface area contributed by atoms with Crippen LogP contribution in [0, 0.1) is 0 Å². The first-order valence-corrected chi connectivity index (χ1v) is 5.56. The number of likely N-dealkylation sites (tertiary alicyclic amines) is 1. The SMILES string of the molecule is CC(S)C(=O)N1C(C)CCCC1C. The predicted molar refractivity (Wildman–Crippen MR) is 58.1 cm³/mol. The van der Waals surface area contributed by atoms with Gasteiger partial charge in [0.15, 0.2) is 0 Å². The third-order valence-electron chi connectivity index (χ3n) is 2.81. The third-order valence-corrected chi connectivity index (χ3v) is 3.03. The van der Waals surface area contributed by atoms with Crippen LogP contribution in [0.15, 0.2) is 0 Å². The molecule has 0 bridgehead atoms. The van der Waals surface area contributed by atoms with Crippen LogP contribution in [-0.2, 0) is 4.79 Å². The van der Waals surface area contributed by atoms with Gasteiger partial charge in [-0.2, -0.15) is 12.6 Å². The molecule has 1 saturated heterocycles. The van der Waals surface area contributed by atoms with Crippen molar-refractivity contribution in [1.82, 2.24) is 4.90 Å². The summed E-state index contributed by atoms with van der Waals surface area (Å²) in [6.45, 7) is 6.10. The van der Waals surface area contributed by atoms with Crippen molar-refractivity contribution in [2.24, 2.45) is 0 Å². The Balaban J connectivity index is 2.68. The van der Waals surface area contributed by atoms with Crippen LogP contribution in [0.5, 0.6) is 0 Å². The molecule has 1 fully saturated rings. The van der Waals surface area contributed by atoms with Gasteiger partial charge in [-0.15, -0.1) is 0 Å². The van der Waals surface area contributed by atoms with Crippen molar-refractivity contribution in [3.8, 4) is 0 Å². The van der Waals surface area contributed by atoms with Gasteiger partial charge in [-0.05, 0) is 40.0 Å². The summed E-state index contributed by atoms with van der Waals surface area (Å²) in [5.74, 6) is 0.183. The zero-order valence-corrected chi connectivity index (χ0v) is 9.55. The lowest BCUT2D eigenvalue weighted by atomic mass is 9.97. The largest absolute Gasteiger partial charge is 0.336 e. The first-order valence-electron chi connectivity index (χ1n) is 5.04. The second-order valence-corrected chi connectivity index (χ2v) is 4.83. The Morgan fingerprint density at radius 1 is 1.38 bits per heavy atom. The van der Waals surface area contributed by atoms with Gasteiger partial charge >= 0.3 is 0 Å². The molecular weight excluding hydrogens is 182 g/mol. The van der Waals surface area contributed by atoms with Crippen LogP contribution >= 0.6 is 12.6 Å². The summed E-state index contributed by atoms with van der Waals surface area (Å²) < 4.78 is 0. The second-order valence-electron chi connectivity index (χ2n) is 4.05. The molecule has 3 heteroatoms. The van der Waals surface area contributed by atoms with E-state index in [1.165, 1.54) is 6.42 Å². The molecule has 2 nitrogen and oxygen atoms in total. The number of amides is 1. The van der Waals surface area contributed by atoms with Crippen LogP contribution < -0.4 is 0 Å². The number of carbonyl (C=O) groups is 1. The first-order chi connectivity index (χ1) is 6.04. The molecule has 1 aliphatic heterocycles. The topological polar surface area (TPSA) is 20.3 Å². The van der Waals surface area contributed by atoms with Gasteiger partial charge < -0.3 is 4.90 Å². The Labute approximate surface area is 86.1 Å². The van der Waals surface area contributed by atoms with E-state index in [1.54, 1.807) is 0 Å². The molecule has 1 aliphatic rings. The maximum absolute atomic E-state index is 11.8. The minimum absolute atomic E-state index is 0.164. The van der Waals surface area contributed by atoms with Crippen molar-refractivity contribution in [1.29, 1.82) is 0 Å². The number of hydrogen-bond donors (Lipinski definition) is 1. The molecule has 3 unspecified atom stereocenters. The number of nitrogens with zero attached hydrogens (tertiary/aromatic N) is 1. The van der Waals surface area contributed by atoms with E-state index >= 15 is 0 Å². The van der Waals surface area contributed by atoms with Gasteiger partial charge in [0, 0.05) is 12.1 Å². The van der Waals surface area contributed by atoms with Gasteiger partial charge in [-0.1, -0.05) is 0 Å². The van der Waals surface area contributed by atoms with Crippen molar-refractivity contribution >= 4 is 18.5 Å². The molecular formula is C10H19NOS. The highest BCUT2D eigenvalue weighted by atomic mass is 32.1. The Kier molecular flexibility index (Phi) is 3.65. The van der Waals surface area contributed by atoms with Gasteiger partial charge in [0.1, 0.15) is 0 Å². The summed E-state index contributed by atoms with van der Waals surface area (Å²) in [6, 6.07) is 0.789. The monoisotopic (exact) mass is 201 g/mol. The van der Waals surface area contributed by atoms with Gasteiger partial charge in [0.2, 0.25) is 5.91 Å². The van der Waals surface area contributed by atoms with Crippen LogP contribution in [0.1, 0.15) is 40.0 Å². The summed E-state index contributed by atoms with van der Waals surface area (Å²) in [4.78, 5) is 13.8. The normalized spacial score (nSPS) is 31.5. The summed E-state index contributed by atoms with van der Waals surface area (Å²) >= 11 is 4.19. The highest BCUT2D eigenvalue weighted by Gasteiger charge is 2.30. The standard InChI is InChI=1S/C10H19NOS/c1-7-5-4-6-8(2)11(7)10(12)9(3)13/h7-9,13H,4-6H2,1-3H3. The molecule has 1 rings (SSSR count). The summed E-state index contributed by atoms with van der Waals surface area (Å²) in [6.07, 6.45) is 3.51. The van der Waals surface area contributed by atoms with Crippen molar-refractivity contribution in [2.45, 2.75) is 57.4 Å². The molecule has 0 saturated carbocycles. The molecule has 0 aliphatic carbocycles. The lowest BCUT2D eigenvalue weighted by Gasteiger charge is -2.39. The van der Waals surface area contributed by atoms with Gasteiger partial charge in [-0.25, -0.2) is 0 Å². The van der Waals surface area contributed by atoms with Crippen molar-refractivity contribution in [2.75, 3.05) is 0 Å². The summed E-state index contributed by atoms with van der Waals surface area (Å²) in [5, 5.41) is -0.164. The average molecular weight is 201 g/mol. The maximum Gasteiger partial charge on any atom is 0.235 e. The fourth-order valence-corrected chi connectivity index (χ4v) is 2.20. The van der Waals surface area contributed by atoms with E-state index in [0.717, 1.165) is 12.8 Å². The van der Waals surface area contributed by atoms with E-state index in [0.29, 0.717) is 12.1 Å². The number of carbonyl (C=O) groups excluding carboxylic acids is 1. The van der Waals surface area contributed by atoms with Gasteiger partial charge in [-0.3, -0.25) is 4.79 Å². The van der Waals surface area contributed by atoms with Crippen LogP contribution in [0.3, 0.4) is 0 Å². The fraction of sp³-hybridized carbons (Fsp3) is 0.900. The van der Waals surface area contributed by atoms with E-state index < -0.39 is 0 Å². The summed E-state index contributed by atoms with van der Waals surface area (Å²) in [5.41, 5.74) is 0. The molecule has 0 aromatic rings. The van der Waals surface area contributed by atoms with E-state index in [2.05, 4.69) is 26.5 Å². The first kappa shape index (κ1) is 10.9. The molecule has 0 aromatic heterocycles. The zero-order chi connectivity index (χ0) is 10.0. The second kappa shape index (κ2) is 4.36. The smallest absolute Gasteiger partial charge is 0.235 e. The molecule has 0 N–H and O–H groups in total. The highest BCUT2D eigenvalue weighted by Crippen LogP contribution is 2.23. The minimum atomic E-state index is -0.164. The summed E-state index contributed by atoms with van der Waals surface area (Å²) in [7, 11) is 0. The van der Waals surface area contributed by atoms with Gasteiger partial charge in [0.25, 0.3) is 0 Å². The number of piperidine rings is 1. The molecule has 0 radical (unpaired) electrons. The van der Waals surface area contributed by atoms with E-state index in [1.807, 2.05) is 11.8 Å². The van der Waals surface area contributed by atoms with Crippen LogP contribution in [-0.4, -0.2) is 28.1 Å². The Hall–Kier alpha value is -0.180. The lowest BCUT2D eigenvalue weighted by Crippen LogP contribution is -2.49. The van der Waals surface area contributed by atoms with Crippen LogP contribution in [0.25, 0.3) is 0 Å².